The fraction of sp³-hybridized carbons (Fsp3) is 0.235. The van der Waals surface area contributed by atoms with Crippen molar-refractivity contribution in [2.24, 2.45) is 0 Å². The van der Waals surface area contributed by atoms with Crippen LogP contribution in [0.5, 0.6) is 0 Å². The second-order valence-electron chi connectivity index (χ2n) is 5.27. The van der Waals surface area contributed by atoms with Crippen LogP contribution in [-0.4, -0.2) is 6.54 Å². The summed E-state index contributed by atoms with van der Waals surface area (Å²) in [5, 5.41) is 12.3. The zero-order chi connectivity index (χ0) is 14.0. The van der Waals surface area contributed by atoms with E-state index in [-0.39, 0.29) is 11.0 Å². The van der Waals surface area contributed by atoms with Crippen molar-refractivity contribution < 1.29 is 4.39 Å². The SMILES string of the molecule is N#Cc1c(F)cccc1NCC1(c2ccccc2)CC1. The molecule has 0 heterocycles. The van der Waals surface area contributed by atoms with Crippen molar-refractivity contribution in [3.05, 3.63) is 65.5 Å². The van der Waals surface area contributed by atoms with Gasteiger partial charge in [-0.1, -0.05) is 36.4 Å². The van der Waals surface area contributed by atoms with E-state index in [4.69, 9.17) is 5.26 Å². The highest BCUT2D eigenvalue weighted by Gasteiger charge is 2.43. The van der Waals surface area contributed by atoms with E-state index in [0.717, 1.165) is 19.4 Å². The summed E-state index contributed by atoms with van der Waals surface area (Å²) in [6, 6.07) is 17.0. The number of anilines is 1. The molecule has 0 saturated heterocycles. The fourth-order valence-electron chi connectivity index (χ4n) is 2.56. The Hall–Kier alpha value is -2.34. The first-order valence-corrected chi connectivity index (χ1v) is 6.73. The van der Waals surface area contributed by atoms with Crippen LogP contribution < -0.4 is 5.32 Å². The normalized spacial score (nSPS) is 15.4. The van der Waals surface area contributed by atoms with Gasteiger partial charge in [0.2, 0.25) is 0 Å². The lowest BCUT2D eigenvalue weighted by Crippen LogP contribution is -2.20. The third-order valence-corrected chi connectivity index (χ3v) is 3.98. The fourth-order valence-corrected chi connectivity index (χ4v) is 2.56. The summed E-state index contributed by atoms with van der Waals surface area (Å²) in [4.78, 5) is 0. The van der Waals surface area contributed by atoms with E-state index in [1.54, 1.807) is 12.1 Å². The molecule has 2 aromatic rings. The predicted octanol–water partition coefficient (Wildman–Crippen LogP) is 3.84. The molecule has 0 aromatic heterocycles. The third-order valence-electron chi connectivity index (χ3n) is 3.98. The lowest BCUT2D eigenvalue weighted by Gasteiger charge is -2.18. The molecule has 0 aliphatic heterocycles. The van der Waals surface area contributed by atoms with E-state index in [9.17, 15) is 4.39 Å². The molecule has 0 amide bonds. The summed E-state index contributed by atoms with van der Waals surface area (Å²) in [5.41, 5.74) is 2.12. The van der Waals surface area contributed by atoms with E-state index in [1.807, 2.05) is 24.3 Å². The van der Waals surface area contributed by atoms with Gasteiger partial charge >= 0.3 is 0 Å². The number of nitrogens with one attached hydrogen (secondary N) is 1. The Bertz CT molecular complexity index is 654. The molecule has 1 aliphatic rings. The molecule has 1 fully saturated rings. The van der Waals surface area contributed by atoms with Crippen molar-refractivity contribution >= 4 is 5.69 Å². The van der Waals surface area contributed by atoms with Crippen molar-refractivity contribution in [3.63, 3.8) is 0 Å². The molecule has 0 unspecified atom stereocenters. The molecule has 2 nitrogen and oxygen atoms in total. The summed E-state index contributed by atoms with van der Waals surface area (Å²) < 4.78 is 13.5. The van der Waals surface area contributed by atoms with E-state index < -0.39 is 5.82 Å². The average Bonchev–Trinajstić information content (AvgIpc) is 3.27. The van der Waals surface area contributed by atoms with Gasteiger partial charge in [0, 0.05) is 12.0 Å². The van der Waals surface area contributed by atoms with Gasteiger partial charge in [-0.25, -0.2) is 4.39 Å². The summed E-state index contributed by atoms with van der Waals surface area (Å²) in [7, 11) is 0. The van der Waals surface area contributed by atoms with Crippen LogP contribution in [0.15, 0.2) is 48.5 Å². The van der Waals surface area contributed by atoms with Gasteiger partial charge in [-0.3, -0.25) is 0 Å². The van der Waals surface area contributed by atoms with Gasteiger partial charge in [0.15, 0.2) is 0 Å². The molecule has 0 bridgehead atoms. The molecule has 0 atom stereocenters. The van der Waals surface area contributed by atoms with Crippen molar-refractivity contribution in [1.82, 2.24) is 0 Å². The minimum Gasteiger partial charge on any atom is -0.383 e. The van der Waals surface area contributed by atoms with Crippen LogP contribution in [0, 0.1) is 17.1 Å². The Morgan fingerprint density at radius 2 is 1.85 bits per heavy atom. The molecule has 0 radical (unpaired) electrons. The highest BCUT2D eigenvalue weighted by atomic mass is 19.1. The first-order valence-electron chi connectivity index (χ1n) is 6.73. The van der Waals surface area contributed by atoms with Gasteiger partial charge in [0.1, 0.15) is 17.4 Å². The minimum absolute atomic E-state index is 0.0939. The molecule has 1 N–H and O–H groups in total. The van der Waals surface area contributed by atoms with Gasteiger partial charge < -0.3 is 5.32 Å². The predicted molar refractivity (Wildman–Crippen MR) is 77.0 cm³/mol. The monoisotopic (exact) mass is 266 g/mol. The summed E-state index contributed by atoms with van der Waals surface area (Å²) in [6.45, 7) is 0.731. The first kappa shape index (κ1) is 12.7. The molecule has 1 aliphatic carbocycles. The third kappa shape index (κ3) is 2.25. The molecule has 20 heavy (non-hydrogen) atoms. The number of hydrogen-bond acceptors (Lipinski definition) is 2. The van der Waals surface area contributed by atoms with Crippen LogP contribution in [0.1, 0.15) is 24.0 Å². The van der Waals surface area contributed by atoms with Crippen LogP contribution in [0.4, 0.5) is 10.1 Å². The molecular weight excluding hydrogens is 251 g/mol. The van der Waals surface area contributed by atoms with Crippen LogP contribution in [0.3, 0.4) is 0 Å². The number of hydrogen-bond donors (Lipinski definition) is 1. The van der Waals surface area contributed by atoms with Gasteiger partial charge in [0.05, 0.1) is 5.69 Å². The molecule has 2 aromatic carbocycles. The summed E-state index contributed by atoms with van der Waals surface area (Å²) >= 11 is 0. The zero-order valence-electron chi connectivity index (χ0n) is 11.1. The Kier molecular flexibility index (Phi) is 3.15. The quantitative estimate of drug-likeness (QED) is 0.912. The lowest BCUT2D eigenvalue weighted by atomic mass is 9.96. The van der Waals surface area contributed by atoms with Gasteiger partial charge in [0.25, 0.3) is 0 Å². The van der Waals surface area contributed by atoms with Gasteiger partial charge in [-0.2, -0.15) is 5.26 Å². The largest absolute Gasteiger partial charge is 0.383 e. The second-order valence-corrected chi connectivity index (χ2v) is 5.27. The maximum atomic E-state index is 13.5. The van der Waals surface area contributed by atoms with E-state index >= 15 is 0 Å². The first-order chi connectivity index (χ1) is 9.75. The van der Waals surface area contributed by atoms with Gasteiger partial charge in [-0.05, 0) is 30.5 Å². The molecule has 3 rings (SSSR count). The van der Waals surface area contributed by atoms with Crippen molar-refractivity contribution in [3.8, 4) is 6.07 Å². The van der Waals surface area contributed by atoms with E-state index in [0.29, 0.717) is 5.69 Å². The van der Waals surface area contributed by atoms with Crippen molar-refractivity contribution in [2.75, 3.05) is 11.9 Å². The average molecular weight is 266 g/mol. The van der Waals surface area contributed by atoms with Crippen LogP contribution >= 0.6 is 0 Å². The smallest absolute Gasteiger partial charge is 0.143 e. The number of nitrogens with zero attached hydrogens (tertiary/aromatic N) is 1. The Balaban J connectivity index is 1.78. The van der Waals surface area contributed by atoms with Crippen LogP contribution in [-0.2, 0) is 5.41 Å². The lowest BCUT2D eigenvalue weighted by molar-refractivity contribution is 0.624. The molecular formula is C17H15FN2. The standard InChI is InChI=1S/C17H15FN2/c18-15-7-4-8-16(14(15)11-19)20-12-17(9-10-17)13-5-2-1-3-6-13/h1-8,20H,9-10,12H2. The summed E-state index contributed by atoms with van der Waals surface area (Å²) in [5.74, 6) is -0.470. The molecule has 100 valence electrons. The molecule has 1 saturated carbocycles. The highest BCUT2D eigenvalue weighted by Crippen LogP contribution is 2.48. The van der Waals surface area contributed by atoms with Crippen molar-refractivity contribution in [1.29, 1.82) is 5.26 Å². The Labute approximate surface area is 117 Å². The van der Waals surface area contributed by atoms with E-state index in [2.05, 4.69) is 17.4 Å². The van der Waals surface area contributed by atoms with Crippen LogP contribution in [0.2, 0.25) is 0 Å². The minimum atomic E-state index is -0.470. The molecule has 3 heteroatoms. The Morgan fingerprint density at radius 3 is 2.50 bits per heavy atom. The maximum Gasteiger partial charge on any atom is 0.143 e. The number of benzene rings is 2. The maximum absolute atomic E-state index is 13.5. The zero-order valence-corrected chi connectivity index (χ0v) is 11.1. The van der Waals surface area contributed by atoms with E-state index in [1.165, 1.54) is 11.6 Å². The Morgan fingerprint density at radius 1 is 1.10 bits per heavy atom. The topological polar surface area (TPSA) is 35.8 Å². The number of rotatable bonds is 4. The van der Waals surface area contributed by atoms with Crippen molar-refractivity contribution in [2.45, 2.75) is 18.3 Å². The van der Waals surface area contributed by atoms with Crippen LogP contribution in [0.25, 0.3) is 0 Å². The second kappa shape index (κ2) is 4.97. The summed E-state index contributed by atoms with van der Waals surface area (Å²) in [6.07, 6.45) is 2.25. The number of nitriles is 1. The highest BCUT2D eigenvalue weighted by molar-refractivity contribution is 5.58. The molecule has 0 spiro atoms. The van der Waals surface area contributed by atoms with Gasteiger partial charge in [-0.15, -0.1) is 0 Å². The number of halogens is 1.